The number of fused-ring (bicyclic) bond motifs is 1. The molecule has 17 heavy (non-hydrogen) atoms. The number of aryl methyl sites for hydroxylation is 1. The number of aromatic nitrogens is 2. The largest absolute Gasteiger partial charge is 0.326 e. The molecule has 3 nitrogen and oxygen atoms in total. The van der Waals surface area contributed by atoms with Gasteiger partial charge >= 0.3 is 0 Å². The lowest BCUT2D eigenvalue weighted by molar-refractivity contribution is 0.508. The highest BCUT2D eigenvalue weighted by molar-refractivity contribution is 5.82. The molecule has 2 N–H and O–H groups in total. The molecule has 0 bridgehead atoms. The van der Waals surface area contributed by atoms with Gasteiger partial charge in [-0.05, 0) is 19.9 Å². The third kappa shape index (κ3) is 2.44. The fourth-order valence-corrected chi connectivity index (χ4v) is 1.74. The van der Waals surface area contributed by atoms with Crippen LogP contribution in [-0.4, -0.2) is 15.8 Å². The normalized spacial score (nSPS) is 12.5. The molecular weight excluding hydrogens is 224 g/mol. The summed E-state index contributed by atoms with van der Waals surface area (Å²) in [4.78, 5) is 0. The molecule has 0 saturated heterocycles. The highest BCUT2D eigenvalue weighted by atomic mass is 19.2. The Hall–Kier alpha value is -1.49. The summed E-state index contributed by atoms with van der Waals surface area (Å²) < 4.78 is 27.8. The van der Waals surface area contributed by atoms with Crippen molar-refractivity contribution >= 4 is 10.9 Å². The number of benzene rings is 1. The summed E-state index contributed by atoms with van der Waals surface area (Å²) in [5.41, 5.74) is 6.92. The summed E-state index contributed by atoms with van der Waals surface area (Å²) in [6.07, 6.45) is 0. The van der Waals surface area contributed by atoms with Gasteiger partial charge < -0.3 is 5.73 Å². The van der Waals surface area contributed by atoms with Gasteiger partial charge in [-0.25, -0.2) is 8.78 Å². The summed E-state index contributed by atoms with van der Waals surface area (Å²) in [6, 6.07) is 2.24. The van der Waals surface area contributed by atoms with E-state index in [2.05, 4.69) is 5.10 Å². The lowest BCUT2D eigenvalue weighted by atomic mass is 10.2. The molecule has 0 amide bonds. The van der Waals surface area contributed by atoms with Gasteiger partial charge in [-0.3, -0.25) is 4.68 Å². The predicted molar refractivity (Wildman–Crippen MR) is 64.8 cm³/mol. The summed E-state index contributed by atoms with van der Waals surface area (Å²) in [6.45, 7) is 4.08. The molecule has 94 valence electrons. The van der Waals surface area contributed by atoms with Crippen LogP contribution in [0.2, 0.25) is 0 Å². The maximum Gasteiger partial charge on any atom is 0.161 e. The third-order valence-corrected chi connectivity index (χ3v) is 2.44. The Morgan fingerprint density at radius 1 is 1.35 bits per heavy atom. The van der Waals surface area contributed by atoms with E-state index in [-0.39, 0.29) is 13.5 Å². The Labute approximate surface area is 99.2 Å². The number of nitrogens with two attached hydrogens (primary N) is 1. The molecule has 1 atom stereocenters. The molecule has 1 aromatic heterocycles. The molecule has 0 spiro atoms. The molecule has 0 fully saturated rings. The van der Waals surface area contributed by atoms with Gasteiger partial charge in [-0.15, -0.1) is 0 Å². The highest BCUT2D eigenvalue weighted by Gasteiger charge is 2.12. The first-order valence-corrected chi connectivity index (χ1v) is 5.07. The van der Waals surface area contributed by atoms with Gasteiger partial charge in [-0.2, -0.15) is 5.10 Å². The molecule has 2 rings (SSSR count). The van der Waals surface area contributed by atoms with Gasteiger partial charge in [0.1, 0.15) is 0 Å². The third-order valence-electron chi connectivity index (χ3n) is 2.44. The Balaban J connectivity index is 0.00000144. The molecule has 5 heteroatoms. The van der Waals surface area contributed by atoms with Crippen LogP contribution < -0.4 is 5.73 Å². The molecule has 0 aliphatic carbocycles. The number of hydrogen-bond acceptors (Lipinski definition) is 2. The molecule has 0 aliphatic rings. The molecule has 2 aromatic rings. The lowest BCUT2D eigenvalue weighted by Crippen LogP contribution is -2.22. The smallest absolute Gasteiger partial charge is 0.161 e. The molecule has 1 heterocycles. The maximum absolute atomic E-state index is 13.1. The van der Waals surface area contributed by atoms with Crippen molar-refractivity contribution in [2.45, 2.75) is 33.9 Å². The van der Waals surface area contributed by atoms with Gasteiger partial charge in [-0.1, -0.05) is 7.43 Å². The average molecular weight is 241 g/mol. The van der Waals surface area contributed by atoms with Crippen molar-refractivity contribution in [1.82, 2.24) is 9.78 Å². The van der Waals surface area contributed by atoms with Crippen LogP contribution in [0.5, 0.6) is 0 Å². The van der Waals surface area contributed by atoms with Crippen LogP contribution in [0.3, 0.4) is 0 Å². The van der Waals surface area contributed by atoms with E-state index in [1.165, 1.54) is 6.07 Å². The second kappa shape index (κ2) is 4.79. The van der Waals surface area contributed by atoms with E-state index in [0.29, 0.717) is 23.1 Å². The van der Waals surface area contributed by atoms with E-state index in [0.717, 1.165) is 6.07 Å². The monoisotopic (exact) mass is 241 g/mol. The first-order valence-electron chi connectivity index (χ1n) is 5.07. The van der Waals surface area contributed by atoms with Crippen molar-refractivity contribution in [3.05, 3.63) is 29.5 Å². The van der Waals surface area contributed by atoms with Crippen LogP contribution in [0.1, 0.15) is 20.0 Å². The van der Waals surface area contributed by atoms with Crippen LogP contribution in [-0.2, 0) is 6.54 Å². The molecule has 0 unspecified atom stereocenters. The topological polar surface area (TPSA) is 43.8 Å². The number of rotatable bonds is 2. The maximum atomic E-state index is 13.1. The Bertz CT molecular complexity index is 532. The van der Waals surface area contributed by atoms with Gasteiger partial charge in [0, 0.05) is 17.5 Å². The van der Waals surface area contributed by atoms with E-state index in [1.54, 1.807) is 11.6 Å². The quantitative estimate of drug-likeness (QED) is 0.878. The van der Waals surface area contributed by atoms with E-state index in [1.807, 2.05) is 6.92 Å². The summed E-state index contributed by atoms with van der Waals surface area (Å²) in [5.74, 6) is -1.71. The fourth-order valence-electron chi connectivity index (χ4n) is 1.74. The zero-order valence-electron chi connectivity index (χ0n) is 9.17. The number of halogens is 2. The van der Waals surface area contributed by atoms with Gasteiger partial charge in [0.2, 0.25) is 0 Å². The molecule has 0 aliphatic heterocycles. The van der Waals surface area contributed by atoms with Crippen molar-refractivity contribution in [3.8, 4) is 0 Å². The Kier molecular flexibility index (Phi) is 3.83. The van der Waals surface area contributed by atoms with E-state index in [9.17, 15) is 8.78 Å². The fraction of sp³-hybridized carbons (Fsp3) is 0.417. The summed E-state index contributed by atoms with van der Waals surface area (Å²) >= 11 is 0. The van der Waals surface area contributed by atoms with Crippen LogP contribution in [0.25, 0.3) is 10.9 Å². The first-order chi connectivity index (χ1) is 7.49. The Morgan fingerprint density at radius 2 is 1.94 bits per heavy atom. The minimum absolute atomic E-state index is 0. The summed E-state index contributed by atoms with van der Waals surface area (Å²) in [5, 5.41) is 4.84. The number of nitrogens with zero attached hydrogens (tertiary/aromatic N) is 2. The van der Waals surface area contributed by atoms with Crippen LogP contribution >= 0.6 is 0 Å². The van der Waals surface area contributed by atoms with E-state index >= 15 is 0 Å². The minimum atomic E-state index is -0.863. The second-order valence-electron chi connectivity index (χ2n) is 4.03. The molecule has 0 radical (unpaired) electrons. The lowest BCUT2D eigenvalue weighted by Gasteiger charge is -2.06. The average Bonchev–Trinajstić information content (AvgIpc) is 2.44. The van der Waals surface area contributed by atoms with Crippen molar-refractivity contribution in [2.24, 2.45) is 5.73 Å². The summed E-state index contributed by atoms with van der Waals surface area (Å²) in [7, 11) is 0. The van der Waals surface area contributed by atoms with Crippen LogP contribution in [0.4, 0.5) is 8.78 Å². The highest BCUT2D eigenvalue weighted by Crippen LogP contribution is 2.21. The van der Waals surface area contributed by atoms with Gasteiger partial charge in [0.05, 0.1) is 17.8 Å². The van der Waals surface area contributed by atoms with Crippen LogP contribution in [0.15, 0.2) is 12.1 Å². The zero-order chi connectivity index (χ0) is 11.9. The first kappa shape index (κ1) is 13.6. The zero-order valence-corrected chi connectivity index (χ0v) is 9.17. The van der Waals surface area contributed by atoms with E-state index < -0.39 is 11.6 Å². The van der Waals surface area contributed by atoms with E-state index in [4.69, 9.17) is 5.73 Å². The van der Waals surface area contributed by atoms with Gasteiger partial charge in [0.25, 0.3) is 0 Å². The second-order valence-corrected chi connectivity index (χ2v) is 4.03. The van der Waals surface area contributed by atoms with Crippen molar-refractivity contribution < 1.29 is 8.78 Å². The van der Waals surface area contributed by atoms with Gasteiger partial charge in [0.15, 0.2) is 11.6 Å². The van der Waals surface area contributed by atoms with Crippen molar-refractivity contribution in [3.63, 3.8) is 0 Å². The standard InChI is InChI=1S/C11H13F2N3.CH4/c1-6(14)5-16-11-4-10(13)9(12)3-8(11)7(2)15-16;/h3-4,6H,5,14H2,1-2H3;1H4/t6-;/m0./s1. The number of hydrogen-bond donors (Lipinski definition) is 1. The van der Waals surface area contributed by atoms with Crippen LogP contribution in [0, 0.1) is 18.6 Å². The predicted octanol–water partition coefficient (Wildman–Crippen LogP) is 2.61. The molecule has 1 aromatic carbocycles. The minimum Gasteiger partial charge on any atom is -0.326 e. The van der Waals surface area contributed by atoms with Crippen molar-refractivity contribution in [1.29, 1.82) is 0 Å². The molecular formula is C12H17F2N3. The Morgan fingerprint density at radius 3 is 2.53 bits per heavy atom. The van der Waals surface area contributed by atoms with Crippen molar-refractivity contribution in [2.75, 3.05) is 0 Å². The SMILES string of the molecule is C.Cc1nn(C[C@H](C)N)c2cc(F)c(F)cc12. The molecule has 0 saturated carbocycles.